The SMILES string of the molecule is CC(=O)/C=C/CCc1ccc2c(c1)OCO2. The number of hydrogen-bond acceptors (Lipinski definition) is 3. The van der Waals surface area contributed by atoms with Gasteiger partial charge in [-0.15, -0.1) is 0 Å². The van der Waals surface area contributed by atoms with Gasteiger partial charge in [-0.05, 0) is 43.5 Å². The quantitative estimate of drug-likeness (QED) is 0.728. The molecule has 3 heteroatoms. The Hall–Kier alpha value is -1.77. The van der Waals surface area contributed by atoms with E-state index in [1.165, 1.54) is 5.56 Å². The van der Waals surface area contributed by atoms with Crippen molar-refractivity contribution < 1.29 is 14.3 Å². The van der Waals surface area contributed by atoms with Crippen molar-refractivity contribution >= 4 is 5.78 Å². The number of fused-ring (bicyclic) bond motifs is 1. The monoisotopic (exact) mass is 218 g/mol. The van der Waals surface area contributed by atoms with E-state index < -0.39 is 0 Å². The zero-order valence-corrected chi connectivity index (χ0v) is 9.23. The normalized spacial score (nSPS) is 13.3. The Morgan fingerprint density at radius 2 is 2.19 bits per heavy atom. The van der Waals surface area contributed by atoms with Crippen molar-refractivity contribution in [1.82, 2.24) is 0 Å². The van der Waals surface area contributed by atoms with Crippen LogP contribution in [0, 0.1) is 0 Å². The Bertz CT molecular complexity index is 421. The van der Waals surface area contributed by atoms with Gasteiger partial charge in [-0.1, -0.05) is 12.1 Å². The predicted octanol–water partition coefficient (Wildman–Crippen LogP) is 2.49. The van der Waals surface area contributed by atoms with Crippen molar-refractivity contribution in [3.63, 3.8) is 0 Å². The second kappa shape index (κ2) is 4.84. The standard InChI is InChI=1S/C13H14O3/c1-10(14)4-2-3-5-11-6-7-12-13(8-11)16-9-15-12/h2,4,6-8H,3,5,9H2,1H3/b4-2+. The molecule has 1 aliphatic rings. The van der Waals surface area contributed by atoms with Crippen LogP contribution in [-0.2, 0) is 11.2 Å². The molecule has 84 valence electrons. The maximum absolute atomic E-state index is 10.7. The van der Waals surface area contributed by atoms with Gasteiger partial charge >= 0.3 is 0 Å². The maximum Gasteiger partial charge on any atom is 0.231 e. The fraction of sp³-hybridized carbons (Fsp3) is 0.308. The molecule has 1 aliphatic heterocycles. The van der Waals surface area contributed by atoms with Gasteiger partial charge in [0.2, 0.25) is 6.79 Å². The van der Waals surface area contributed by atoms with E-state index in [1.54, 1.807) is 13.0 Å². The minimum absolute atomic E-state index is 0.0886. The Morgan fingerprint density at radius 3 is 3.00 bits per heavy atom. The molecule has 0 radical (unpaired) electrons. The molecule has 0 aliphatic carbocycles. The molecule has 1 heterocycles. The smallest absolute Gasteiger partial charge is 0.231 e. The molecule has 2 rings (SSSR count). The van der Waals surface area contributed by atoms with Gasteiger partial charge in [-0.3, -0.25) is 4.79 Å². The summed E-state index contributed by atoms with van der Waals surface area (Å²) in [6.07, 6.45) is 5.26. The van der Waals surface area contributed by atoms with Gasteiger partial charge < -0.3 is 9.47 Å². The lowest BCUT2D eigenvalue weighted by Crippen LogP contribution is -1.92. The van der Waals surface area contributed by atoms with Crippen LogP contribution in [-0.4, -0.2) is 12.6 Å². The van der Waals surface area contributed by atoms with Crippen molar-refractivity contribution in [2.24, 2.45) is 0 Å². The number of carbonyl (C=O) groups is 1. The van der Waals surface area contributed by atoms with Crippen molar-refractivity contribution in [3.05, 3.63) is 35.9 Å². The lowest BCUT2D eigenvalue weighted by molar-refractivity contribution is -0.112. The van der Waals surface area contributed by atoms with Crippen LogP contribution >= 0.6 is 0 Å². The average molecular weight is 218 g/mol. The second-order valence-corrected chi connectivity index (χ2v) is 3.74. The van der Waals surface area contributed by atoms with Crippen LogP contribution in [0.25, 0.3) is 0 Å². The first-order valence-corrected chi connectivity index (χ1v) is 5.31. The van der Waals surface area contributed by atoms with Crippen LogP contribution in [0.3, 0.4) is 0 Å². The number of allylic oxidation sites excluding steroid dienone is 2. The van der Waals surface area contributed by atoms with Gasteiger partial charge in [-0.25, -0.2) is 0 Å². The average Bonchev–Trinajstić information content (AvgIpc) is 2.71. The Kier molecular flexibility index (Phi) is 3.25. The molecule has 3 nitrogen and oxygen atoms in total. The molecule has 16 heavy (non-hydrogen) atoms. The molecule has 0 fully saturated rings. The summed E-state index contributed by atoms with van der Waals surface area (Å²) >= 11 is 0. The van der Waals surface area contributed by atoms with E-state index >= 15 is 0 Å². The number of ketones is 1. The molecule has 1 aromatic rings. The summed E-state index contributed by atoms with van der Waals surface area (Å²) in [5, 5.41) is 0. The first-order valence-electron chi connectivity index (χ1n) is 5.31. The highest BCUT2D eigenvalue weighted by molar-refractivity contribution is 5.87. The van der Waals surface area contributed by atoms with E-state index in [9.17, 15) is 4.79 Å². The molecule has 1 aromatic carbocycles. The highest BCUT2D eigenvalue weighted by Crippen LogP contribution is 2.32. The largest absolute Gasteiger partial charge is 0.454 e. The summed E-state index contributed by atoms with van der Waals surface area (Å²) in [7, 11) is 0. The van der Waals surface area contributed by atoms with E-state index in [2.05, 4.69) is 0 Å². The number of aryl methyl sites for hydroxylation is 1. The number of benzene rings is 1. The van der Waals surface area contributed by atoms with Gasteiger partial charge in [0.15, 0.2) is 17.3 Å². The van der Waals surface area contributed by atoms with Gasteiger partial charge in [0.05, 0.1) is 0 Å². The Balaban J connectivity index is 1.93. The maximum atomic E-state index is 10.7. The zero-order chi connectivity index (χ0) is 11.4. The Morgan fingerprint density at radius 1 is 1.38 bits per heavy atom. The number of rotatable bonds is 4. The van der Waals surface area contributed by atoms with Crippen LogP contribution in [0.15, 0.2) is 30.4 Å². The van der Waals surface area contributed by atoms with Gasteiger partial charge in [0, 0.05) is 0 Å². The van der Waals surface area contributed by atoms with Crippen LogP contribution in [0.5, 0.6) is 11.5 Å². The molecule has 0 saturated heterocycles. The second-order valence-electron chi connectivity index (χ2n) is 3.74. The van der Waals surface area contributed by atoms with E-state index in [-0.39, 0.29) is 5.78 Å². The van der Waals surface area contributed by atoms with Crippen molar-refractivity contribution in [1.29, 1.82) is 0 Å². The predicted molar refractivity (Wildman–Crippen MR) is 60.7 cm³/mol. The van der Waals surface area contributed by atoms with Crippen LogP contribution in [0.2, 0.25) is 0 Å². The molecular weight excluding hydrogens is 204 g/mol. The zero-order valence-electron chi connectivity index (χ0n) is 9.23. The topological polar surface area (TPSA) is 35.5 Å². The van der Waals surface area contributed by atoms with E-state index in [4.69, 9.17) is 9.47 Å². The van der Waals surface area contributed by atoms with Crippen molar-refractivity contribution in [2.45, 2.75) is 19.8 Å². The van der Waals surface area contributed by atoms with Crippen LogP contribution in [0.4, 0.5) is 0 Å². The molecule has 0 aromatic heterocycles. The van der Waals surface area contributed by atoms with E-state index in [0.29, 0.717) is 6.79 Å². The summed E-state index contributed by atoms with van der Waals surface area (Å²) in [5.41, 5.74) is 1.19. The van der Waals surface area contributed by atoms with Gasteiger partial charge in [-0.2, -0.15) is 0 Å². The highest BCUT2D eigenvalue weighted by atomic mass is 16.7. The highest BCUT2D eigenvalue weighted by Gasteiger charge is 2.12. The molecule has 0 N–H and O–H groups in total. The molecule has 0 unspecified atom stereocenters. The first kappa shape index (κ1) is 10.7. The molecule has 0 atom stereocenters. The van der Waals surface area contributed by atoms with Crippen LogP contribution in [0.1, 0.15) is 18.9 Å². The molecule has 0 spiro atoms. The van der Waals surface area contributed by atoms with E-state index in [0.717, 1.165) is 24.3 Å². The summed E-state index contributed by atoms with van der Waals surface area (Å²) in [6.45, 7) is 1.86. The van der Waals surface area contributed by atoms with Crippen molar-refractivity contribution in [3.8, 4) is 11.5 Å². The minimum Gasteiger partial charge on any atom is -0.454 e. The number of hydrogen-bond donors (Lipinski definition) is 0. The lowest BCUT2D eigenvalue weighted by atomic mass is 10.1. The molecule has 0 bridgehead atoms. The van der Waals surface area contributed by atoms with E-state index in [1.807, 2.05) is 24.3 Å². The Labute approximate surface area is 94.7 Å². The number of ether oxygens (including phenoxy) is 2. The summed E-state index contributed by atoms with van der Waals surface area (Å²) in [6, 6.07) is 5.94. The van der Waals surface area contributed by atoms with Gasteiger partial charge in [0.25, 0.3) is 0 Å². The van der Waals surface area contributed by atoms with Crippen LogP contribution < -0.4 is 9.47 Å². The fourth-order valence-electron chi connectivity index (χ4n) is 1.60. The third-order valence-corrected chi connectivity index (χ3v) is 2.39. The summed E-state index contributed by atoms with van der Waals surface area (Å²) in [4.78, 5) is 10.7. The fourth-order valence-corrected chi connectivity index (χ4v) is 1.60. The lowest BCUT2D eigenvalue weighted by Gasteiger charge is -2.00. The molecule has 0 saturated carbocycles. The number of carbonyl (C=O) groups excluding carboxylic acids is 1. The summed E-state index contributed by atoms with van der Waals surface area (Å²) in [5.74, 6) is 1.71. The minimum atomic E-state index is 0.0886. The summed E-state index contributed by atoms with van der Waals surface area (Å²) < 4.78 is 10.5. The molecule has 0 amide bonds. The van der Waals surface area contributed by atoms with Gasteiger partial charge in [0.1, 0.15) is 0 Å². The first-order chi connectivity index (χ1) is 7.75. The van der Waals surface area contributed by atoms with Crippen molar-refractivity contribution in [2.75, 3.05) is 6.79 Å². The third-order valence-electron chi connectivity index (χ3n) is 2.39. The molecular formula is C13H14O3. The third kappa shape index (κ3) is 2.63.